The van der Waals surface area contributed by atoms with Crippen molar-refractivity contribution in [2.75, 3.05) is 6.61 Å². The summed E-state index contributed by atoms with van der Waals surface area (Å²) in [7, 11) is -4.14. The third-order valence-electron chi connectivity index (χ3n) is 4.61. The van der Waals surface area contributed by atoms with Crippen molar-refractivity contribution in [1.29, 1.82) is 0 Å². The smallest absolute Gasteiger partial charge is 0.338 e. The Hall–Kier alpha value is -2.34. The molecule has 0 bridgehead atoms. The molecule has 1 saturated heterocycles. The number of hydrogen-bond acceptors (Lipinski definition) is 9. The number of benzene rings is 2. The molecular weight excluding hydrogens is 416 g/mol. The fourth-order valence-corrected chi connectivity index (χ4v) is 3.80. The Balaban J connectivity index is 1.63. The average Bonchev–Trinajstić information content (AvgIpc) is 2.73. The summed E-state index contributed by atoms with van der Waals surface area (Å²) in [6.07, 6.45) is -8.14. The minimum absolute atomic E-state index is 0.0887. The normalized spacial score (nSPS) is 26.9. The average molecular weight is 438 g/mol. The third-order valence-corrected chi connectivity index (χ3v) is 5.91. The molecule has 0 aliphatic carbocycles. The summed E-state index contributed by atoms with van der Waals surface area (Å²) in [6, 6.07) is 13.8. The zero-order valence-corrected chi connectivity index (χ0v) is 16.8. The molecule has 9 nitrogen and oxygen atoms in total. The maximum Gasteiger partial charge on any atom is 0.338 e. The molecule has 10 heteroatoms. The predicted molar refractivity (Wildman–Crippen MR) is 103 cm³/mol. The highest BCUT2D eigenvalue weighted by molar-refractivity contribution is 7.86. The van der Waals surface area contributed by atoms with E-state index >= 15 is 0 Å². The molecule has 2 aromatic carbocycles. The summed E-state index contributed by atoms with van der Waals surface area (Å²) in [6.45, 7) is 1.14. The highest BCUT2D eigenvalue weighted by Gasteiger charge is 2.46. The molecule has 1 aliphatic rings. The van der Waals surface area contributed by atoms with Crippen LogP contribution in [0.5, 0.6) is 0 Å². The molecule has 0 spiro atoms. The van der Waals surface area contributed by atoms with E-state index in [0.29, 0.717) is 0 Å². The summed E-state index contributed by atoms with van der Waals surface area (Å²) in [5, 5.41) is 30.7. The van der Waals surface area contributed by atoms with Crippen LogP contribution in [0.15, 0.2) is 59.5 Å². The number of esters is 1. The van der Waals surface area contributed by atoms with Gasteiger partial charge in [-0.25, -0.2) is 4.79 Å². The first-order chi connectivity index (χ1) is 14.2. The molecule has 1 heterocycles. The Morgan fingerprint density at radius 3 is 2.27 bits per heavy atom. The molecule has 0 aromatic heterocycles. The number of carbonyl (C=O) groups is 1. The molecule has 1 aliphatic heterocycles. The number of carbonyl (C=O) groups excluding carboxylic acids is 1. The van der Waals surface area contributed by atoms with Crippen LogP contribution in [0, 0.1) is 6.92 Å². The van der Waals surface area contributed by atoms with E-state index in [9.17, 15) is 28.5 Å². The molecular formula is C20H22O9S. The van der Waals surface area contributed by atoms with Crippen LogP contribution in [-0.2, 0) is 23.8 Å². The van der Waals surface area contributed by atoms with Crippen LogP contribution in [0.3, 0.4) is 0 Å². The Morgan fingerprint density at radius 2 is 1.63 bits per heavy atom. The van der Waals surface area contributed by atoms with Gasteiger partial charge in [-0.05, 0) is 31.2 Å². The maximum atomic E-state index is 12.3. The first-order valence-corrected chi connectivity index (χ1v) is 10.5. The topological polar surface area (TPSA) is 140 Å². The van der Waals surface area contributed by atoms with Crippen molar-refractivity contribution in [1.82, 2.24) is 0 Å². The highest BCUT2D eigenvalue weighted by Crippen LogP contribution is 2.25. The van der Waals surface area contributed by atoms with Gasteiger partial charge < -0.3 is 24.8 Å². The van der Waals surface area contributed by atoms with Crippen molar-refractivity contribution in [3.63, 3.8) is 0 Å². The number of aliphatic hydroxyl groups excluding tert-OH is 3. The lowest BCUT2D eigenvalue weighted by Crippen LogP contribution is -2.60. The molecule has 0 radical (unpaired) electrons. The van der Waals surface area contributed by atoms with Gasteiger partial charge >= 0.3 is 5.97 Å². The lowest BCUT2D eigenvalue weighted by atomic mass is 9.99. The number of rotatable bonds is 6. The van der Waals surface area contributed by atoms with E-state index in [2.05, 4.69) is 0 Å². The Morgan fingerprint density at radius 1 is 1.00 bits per heavy atom. The van der Waals surface area contributed by atoms with Crippen molar-refractivity contribution >= 4 is 16.1 Å². The van der Waals surface area contributed by atoms with Crippen molar-refractivity contribution in [3.05, 3.63) is 65.7 Å². The Labute approximate surface area is 173 Å². The molecule has 5 atom stereocenters. The molecule has 3 N–H and O–H groups in total. The molecule has 0 saturated carbocycles. The standard InChI is InChI=1S/C20H22O9S/c1-12-7-9-14(10-8-12)30(25,26)27-11-15-16(21)17(22)18(20(24)28-15)29-19(23)13-5-3-2-4-6-13/h2-10,15-18,20-22,24H,11H2,1H3/t15-,16-,17+,18-,20+/m1/s1. The zero-order chi connectivity index (χ0) is 21.9. The summed E-state index contributed by atoms with van der Waals surface area (Å²) in [5.74, 6) is -0.828. The number of aryl methyl sites for hydroxylation is 1. The van der Waals surface area contributed by atoms with E-state index < -0.39 is 53.4 Å². The van der Waals surface area contributed by atoms with Crippen LogP contribution in [0.25, 0.3) is 0 Å². The molecule has 30 heavy (non-hydrogen) atoms. The summed E-state index contributed by atoms with van der Waals surface area (Å²) in [5.41, 5.74) is 1.04. The van der Waals surface area contributed by atoms with Crippen molar-refractivity contribution in [2.24, 2.45) is 0 Å². The second kappa shape index (κ2) is 9.21. The molecule has 3 rings (SSSR count). The van der Waals surface area contributed by atoms with Crippen LogP contribution in [0.1, 0.15) is 15.9 Å². The van der Waals surface area contributed by atoms with Gasteiger partial charge in [-0.2, -0.15) is 8.42 Å². The van der Waals surface area contributed by atoms with E-state index in [1.54, 1.807) is 37.3 Å². The second-order valence-electron chi connectivity index (χ2n) is 6.83. The van der Waals surface area contributed by atoms with Crippen molar-refractivity contribution < 1.29 is 42.2 Å². The van der Waals surface area contributed by atoms with Crippen molar-refractivity contribution in [2.45, 2.75) is 42.5 Å². The predicted octanol–water partition coefficient (Wildman–Crippen LogP) is 0.365. The minimum Gasteiger partial charge on any atom is -0.450 e. The number of aliphatic hydroxyl groups is 3. The first kappa shape index (κ1) is 22.3. The largest absolute Gasteiger partial charge is 0.450 e. The maximum absolute atomic E-state index is 12.3. The van der Waals surface area contributed by atoms with Crippen LogP contribution in [-0.4, -0.2) is 67.0 Å². The monoisotopic (exact) mass is 438 g/mol. The van der Waals surface area contributed by atoms with Gasteiger partial charge in [0.15, 0.2) is 12.4 Å². The number of ether oxygens (including phenoxy) is 2. The lowest BCUT2D eigenvalue weighted by molar-refractivity contribution is -0.284. The minimum atomic E-state index is -4.14. The fraction of sp³-hybridized carbons (Fsp3) is 0.350. The first-order valence-electron chi connectivity index (χ1n) is 9.11. The summed E-state index contributed by atoms with van der Waals surface area (Å²) >= 11 is 0. The van der Waals surface area contributed by atoms with Crippen LogP contribution in [0.4, 0.5) is 0 Å². The van der Waals surface area contributed by atoms with E-state index in [-0.39, 0.29) is 10.5 Å². The molecule has 162 valence electrons. The summed E-state index contributed by atoms with van der Waals surface area (Å²) in [4.78, 5) is 12.1. The fourth-order valence-electron chi connectivity index (χ4n) is 2.88. The van der Waals surface area contributed by atoms with E-state index in [4.69, 9.17) is 13.7 Å². The summed E-state index contributed by atoms with van der Waals surface area (Å²) < 4.78 is 39.7. The van der Waals surface area contributed by atoms with Gasteiger partial charge in [0.05, 0.1) is 17.1 Å². The van der Waals surface area contributed by atoms with Crippen LogP contribution < -0.4 is 0 Å². The highest BCUT2D eigenvalue weighted by atomic mass is 32.2. The third kappa shape index (κ3) is 5.04. The molecule has 0 unspecified atom stereocenters. The van der Waals surface area contributed by atoms with Gasteiger partial charge in [-0.15, -0.1) is 0 Å². The quantitative estimate of drug-likeness (QED) is 0.431. The zero-order valence-electron chi connectivity index (χ0n) is 16.0. The van der Waals surface area contributed by atoms with Gasteiger partial charge in [-0.3, -0.25) is 4.18 Å². The van der Waals surface area contributed by atoms with E-state index in [1.165, 1.54) is 24.3 Å². The lowest BCUT2D eigenvalue weighted by Gasteiger charge is -2.39. The van der Waals surface area contributed by atoms with Gasteiger partial charge in [-0.1, -0.05) is 35.9 Å². The Kier molecular flexibility index (Phi) is 6.86. The number of hydrogen-bond donors (Lipinski definition) is 3. The van der Waals surface area contributed by atoms with Crippen LogP contribution in [0.2, 0.25) is 0 Å². The van der Waals surface area contributed by atoms with Crippen molar-refractivity contribution in [3.8, 4) is 0 Å². The SMILES string of the molecule is Cc1ccc(S(=O)(=O)OC[C@H]2O[C@H](O)[C@H](OC(=O)c3ccccc3)[C@@H](O)[C@@H]2O)cc1. The van der Waals surface area contributed by atoms with Gasteiger partial charge in [0.25, 0.3) is 10.1 Å². The van der Waals surface area contributed by atoms with Gasteiger partial charge in [0.1, 0.15) is 18.3 Å². The molecule has 0 amide bonds. The molecule has 1 fully saturated rings. The second-order valence-corrected chi connectivity index (χ2v) is 8.45. The molecule has 2 aromatic rings. The van der Waals surface area contributed by atoms with Crippen LogP contribution >= 0.6 is 0 Å². The Bertz CT molecular complexity index is 960. The van der Waals surface area contributed by atoms with E-state index in [1.807, 2.05) is 0 Å². The van der Waals surface area contributed by atoms with Gasteiger partial charge in [0.2, 0.25) is 0 Å². The van der Waals surface area contributed by atoms with E-state index in [0.717, 1.165) is 5.56 Å². The van der Waals surface area contributed by atoms with Gasteiger partial charge in [0, 0.05) is 0 Å².